The normalized spacial score (nSPS) is 22.5. The SMILES string of the molecule is COCCC(N)C(=O)NC1CCCCNC1=O. The van der Waals surface area contributed by atoms with E-state index in [2.05, 4.69) is 10.6 Å². The number of rotatable bonds is 5. The number of amides is 2. The molecule has 1 aliphatic heterocycles. The van der Waals surface area contributed by atoms with Gasteiger partial charge in [-0.3, -0.25) is 9.59 Å². The van der Waals surface area contributed by atoms with Gasteiger partial charge in [0.1, 0.15) is 6.04 Å². The van der Waals surface area contributed by atoms with Gasteiger partial charge in [-0.15, -0.1) is 0 Å². The summed E-state index contributed by atoms with van der Waals surface area (Å²) in [5.74, 6) is -0.404. The second kappa shape index (κ2) is 7.24. The number of nitrogens with two attached hydrogens (primary N) is 1. The van der Waals surface area contributed by atoms with E-state index < -0.39 is 12.1 Å². The molecule has 98 valence electrons. The van der Waals surface area contributed by atoms with Gasteiger partial charge in [-0.2, -0.15) is 0 Å². The van der Waals surface area contributed by atoms with Crippen molar-refractivity contribution in [3.05, 3.63) is 0 Å². The molecule has 0 aromatic rings. The zero-order valence-electron chi connectivity index (χ0n) is 10.2. The second-order valence-electron chi connectivity index (χ2n) is 4.24. The molecule has 1 aliphatic rings. The van der Waals surface area contributed by atoms with E-state index in [0.717, 1.165) is 12.8 Å². The van der Waals surface area contributed by atoms with E-state index in [1.54, 1.807) is 7.11 Å². The minimum atomic E-state index is -0.619. The van der Waals surface area contributed by atoms with Crippen LogP contribution in [0.15, 0.2) is 0 Å². The Labute approximate surface area is 101 Å². The summed E-state index contributed by atoms with van der Waals surface area (Å²) in [4.78, 5) is 23.3. The van der Waals surface area contributed by atoms with Crippen LogP contribution in [0.25, 0.3) is 0 Å². The third-order valence-electron chi connectivity index (χ3n) is 2.82. The highest BCUT2D eigenvalue weighted by atomic mass is 16.5. The molecule has 1 heterocycles. The average molecular weight is 243 g/mol. The van der Waals surface area contributed by atoms with Gasteiger partial charge < -0.3 is 21.1 Å². The molecule has 0 spiro atoms. The zero-order chi connectivity index (χ0) is 12.7. The van der Waals surface area contributed by atoms with E-state index in [1.165, 1.54) is 0 Å². The van der Waals surface area contributed by atoms with Crippen molar-refractivity contribution in [2.24, 2.45) is 5.73 Å². The molecule has 17 heavy (non-hydrogen) atoms. The van der Waals surface area contributed by atoms with E-state index in [1.807, 2.05) is 0 Å². The maximum Gasteiger partial charge on any atom is 0.242 e. The number of hydrogen-bond donors (Lipinski definition) is 3. The standard InChI is InChI=1S/C11H21N3O3/c1-17-7-5-8(12)10(15)14-9-4-2-3-6-13-11(9)16/h8-9H,2-7,12H2,1H3,(H,13,16)(H,14,15). The number of carbonyl (C=O) groups excluding carboxylic acids is 2. The van der Waals surface area contributed by atoms with Crippen molar-refractivity contribution in [3.63, 3.8) is 0 Å². The molecule has 1 saturated heterocycles. The molecule has 0 saturated carbocycles. The minimum Gasteiger partial charge on any atom is -0.385 e. The van der Waals surface area contributed by atoms with Crippen LogP contribution >= 0.6 is 0 Å². The molecule has 2 amide bonds. The highest BCUT2D eigenvalue weighted by Crippen LogP contribution is 2.05. The maximum atomic E-state index is 11.7. The van der Waals surface area contributed by atoms with Gasteiger partial charge in [0, 0.05) is 20.3 Å². The Hall–Kier alpha value is -1.14. The van der Waals surface area contributed by atoms with Gasteiger partial charge in [0.2, 0.25) is 11.8 Å². The molecular formula is C11H21N3O3. The first-order valence-corrected chi connectivity index (χ1v) is 5.97. The fraction of sp³-hybridized carbons (Fsp3) is 0.818. The quantitative estimate of drug-likeness (QED) is 0.585. The van der Waals surface area contributed by atoms with Gasteiger partial charge in [-0.1, -0.05) is 0 Å². The predicted octanol–water partition coefficient (Wildman–Crippen LogP) is -0.865. The highest BCUT2D eigenvalue weighted by Gasteiger charge is 2.24. The topological polar surface area (TPSA) is 93.4 Å². The number of nitrogens with one attached hydrogen (secondary N) is 2. The smallest absolute Gasteiger partial charge is 0.242 e. The van der Waals surface area contributed by atoms with Crippen LogP contribution in [0.5, 0.6) is 0 Å². The van der Waals surface area contributed by atoms with Gasteiger partial charge in [0.25, 0.3) is 0 Å². The van der Waals surface area contributed by atoms with E-state index >= 15 is 0 Å². The largest absolute Gasteiger partial charge is 0.385 e. The fourth-order valence-electron chi connectivity index (χ4n) is 1.73. The summed E-state index contributed by atoms with van der Waals surface area (Å²) in [7, 11) is 1.56. The van der Waals surface area contributed by atoms with Crippen LogP contribution in [0.2, 0.25) is 0 Å². The highest BCUT2D eigenvalue weighted by molar-refractivity contribution is 5.89. The van der Waals surface area contributed by atoms with E-state index in [9.17, 15) is 9.59 Å². The van der Waals surface area contributed by atoms with Crippen molar-refractivity contribution in [1.29, 1.82) is 0 Å². The molecule has 1 rings (SSSR count). The lowest BCUT2D eigenvalue weighted by atomic mass is 10.1. The average Bonchev–Trinajstić information content (AvgIpc) is 2.52. The summed E-state index contributed by atoms with van der Waals surface area (Å²) in [6, 6.07) is -1.07. The van der Waals surface area contributed by atoms with Crippen LogP contribution in [0.1, 0.15) is 25.7 Å². The zero-order valence-corrected chi connectivity index (χ0v) is 10.2. The molecule has 1 fully saturated rings. The lowest BCUT2D eigenvalue weighted by Crippen LogP contribution is -2.51. The molecule has 0 radical (unpaired) electrons. The molecule has 0 aliphatic carbocycles. The lowest BCUT2D eigenvalue weighted by molar-refractivity contribution is -0.129. The Balaban J connectivity index is 2.40. The molecule has 0 aromatic carbocycles. The summed E-state index contributed by atoms with van der Waals surface area (Å²) in [6.45, 7) is 1.12. The van der Waals surface area contributed by atoms with Crippen molar-refractivity contribution in [1.82, 2.24) is 10.6 Å². The Morgan fingerprint density at radius 2 is 2.41 bits per heavy atom. The Bertz CT molecular complexity index is 271. The van der Waals surface area contributed by atoms with Crippen LogP contribution < -0.4 is 16.4 Å². The molecule has 0 aromatic heterocycles. The summed E-state index contributed by atoms with van der Waals surface area (Å²) in [5.41, 5.74) is 5.68. The minimum absolute atomic E-state index is 0.116. The van der Waals surface area contributed by atoms with Crippen LogP contribution in [0.3, 0.4) is 0 Å². The number of hydrogen-bond acceptors (Lipinski definition) is 4. The molecule has 2 atom stereocenters. The van der Waals surface area contributed by atoms with Crippen molar-refractivity contribution in [3.8, 4) is 0 Å². The van der Waals surface area contributed by atoms with E-state index in [4.69, 9.17) is 10.5 Å². The van der Waals surface area contributed by atoms with Gasteiger partial charge in [0.05, 0.1) is 6.04 Å². The predicted molar refractivity (Wildman–Crippen MR) is 63.3 cm³/mol. The third kappa shape index (κ3) is 4.70. The number of carbonyl (C=O) groups is 2. The van der Waals surface area contributed by atoms with Gasteiger partial charge in [-0.05, 0) is 25.7 Å². The van der Waals surface area contributed by atoms with Gasteiger partial charge in [0.15, 0.2) is 0 Å². The Kier molecular flexibility index (Phi) is 5.93. The third-order valence-corrected chi connectivity index (χ3v) is 2.82. The van der Waals surface area contributed by atoms with Gasteiger partial charge in [-0.25, -0.2) is 0 Å². The van der Waals surface area contributed by atoms with E-state index in [-0.39, 0.29) is 11.8 Å². The van der Waals surface area contributed by atoms with Crippen LogP contribution in [0.4, 0.5) is 0 Å². The first-order chi connectivity index (χ1) is 8.15. The number of ether oxygens (including phenoxy) is 1. The van der Waals surface area contributed by atoms with Crippen molar-refractivity contribution in [2.75, 3.05) is 20.3 Å². The first-order valence-electron chi connectivity index (χ1n) is 5.97. The maximum absolute atomic E-state index is 11.7. The molecule has 2 unspecified atom stereocenters. The molecule has 6 nitrogen and oxygen atoms in total. The summed E-state index contributed by atoms with van der Waals surface area (Å²) in [5, 5.41) is 5.45. The second-order valence-corrected chi connectivity index (χ2v) is 4.24. The Morgan fingerprint density at radius 1 is 1.65 bits per heavy atom. The van der Waals surface area contributed by atoms with Gasteiger partial charge >= 0.3 is 0 Å². The van der Waals surface area contributed by atoms with Crippen LogP contribution in [0, 0.1) is 0 Å². The van der Waals surface area contributed by atoms with Crippen LogP contribution in [-0.2, 0) is 14.3 Å². The van der Waals surface area contributed by atoms with E-state index in [0.29, 0.717) is 26.0 Å². The van der Waals surface area contributed by atoms with Crippen molar-refractivity contribution >= 4 is 11.8 Å². The van der Waals surface area contributed by atoms with Crippen LogP contribution in [-0.4, -0.2) is 44.2 Å². The summed E-state index contributed by atoms with van der Waals surface area (Å²) >= 11 is 0. The summed E-state index contributed by atoms with van der Waals surface area (Å²) < 4.78 is 4.85. The molecule has 0 bridgehead atoms. The molecule has 4 N–H and O–H groups in total. The Morgan fingerprint density at radius 3 is 3.12 bits per heavy atom. The molecular weight excluding hydrogens is 222 g/mol. The fourth-order valence-corrected chi connectivity index (χ4v) is 1.73. The number of methoxy groups -OCH3 is 1. The summed E-state index contributed by atoms with van der Waals surface area (Å²) in [6.07, 6.45) is 3.01. The monoisotopic (exact) mass is 243 g/mol. The first kappa shape index (κ1) is 13.9. The lowest BCUT2D eigenvalue weighted by Gasteiger charge is -2.18. The molecule has 6 heteroatoms. The van der Waals surface area contributed by atoms with Crippen molar-refractivity contribution < 1.29 is 14.3 Å². The van der Waals surface area contributed by atoms with Crippen molar-refractivity contribution in [2.45, 2.75) is 37.8 Å².